The second kappa shape index (κ2) is 7.87. The van der Waals surface area contributed by atoms with E-state index in [1.165, 1.54) is 0 Å². The Kier molecular flexibility index (Phi) is 6.48. The largest absolute Gasteiger partial charge is 0.497 e. The van der Waals surface area contributed by atoms with E-state index in [-0.39, 0.29) is 5.91 Å². The first-order valence-electron chi connectivity index (χ1n) is 6.46. The van der Waals surface area contributed by atoms with Crippen LogP contribution in [0.3, 0.4) is 0 Å². The van der Waals surface area contributed by atoms with Gasteiger partial charge in [-0.1, -0.05) is 12.1 Å². The van der Waals surface area contributed by atoms with Crippen LogP contribution in [0.2, 0.25) is 0 Å². The maximum Gasteiger partial charge on any atom is 0.224 e. The molecule has 1 N–H and O–H groups in total. The lowest BCUT2D eigenvalue weighted by molar-refractivity contribution is -0.122. The monoisotopic (exact) mass is 281 g/mol. The zero-order chi connectivity index (χ0) is 15.0. The van der Waals surface area contributed by atoms with Gasteiger partial charge in [0.2, 0.25) is 5.91 Å². The highest BCUT2D eigenvalue weighted by atomic mass is 16.5. The summed E-state index contributed by atoms with van der Waals surface area (Å²) in [5, 5.41) is 2.86. The number of amides is 1. The Hall–Kier alpha value is -1.59. The van der Waals surface area contributed by atoms with Crippen molar-refractivity contribution >= 4 is 5.91 Å². The normalized spacial score (nSPS) is 13.6. The first-order chi connectivity index (χ1) is 9.53. The number of nitrogens with one attached hydrogen (secondary N) is 1. The molecule has 1 aromatic rings. The molecule has 0 bridgehead atoms. The first-order valence-corrected chi connectivity index (χ1v) is 6.46. The third-order valence-electron chi connectivity index (χ3n) is 3.10. The topological polar surface area (TPSA) is 56.8 Å². The Labute approximate surface area is 120 Å². The minimum absolute atomic E-state index is 0.0577. The number of ether oxygens (including phenoxy) is 3. The van der Waals surface area contributed by atoms with Crippen LogP contribution in [-0.2, 0) is 20.7 Å². The van der Waals surface area contributed by atoms with Gasteiger partial charge >= 0.3 is 0 Å². The summed E-state index contributed by atoms with van der Waals surface area (Å²) >= 11 is 0. The molecule has 0 aliphatic carbocycles. The quantitative estimate of drug-likeness (QED) is 0.782. The van der Waals surface area contributed by atoms with E-state index in [1.807, 2.05) is 31.2 Å². The summed E-state index contributed by atoms with van der Waals surface area (Å²) in [5.41, 5.74) is 0.395. The number of benzene rings is 1. The van der Waals surface area contributed by atoms with E-state index in [4.69, 9.17) is 14.2 Å². The van der Waals surface area contributed by atoms with Crippen molar-refractivity contribution in [3.05, 3.63) is 29.8 Å². The predicted octanol–water partition coefficient (Wildman–Crippen LogP) is 1.41. The molecule has 0 radical (unpaired) electrons. The minimum atomic E-state index is -0.515. The molecule has 0 unspecified atom stereocenters. The number of carbonyl (C=O) groups excluding carboxylic acids is 1. The zero-order valence-corrected chi connectivity index (χ0v) is 12.6. The van der Waals surface area contributed by atoms with E-state index >= 15 is 0 Å². The van der Waals surface area contributed by atoms with Gasteiger partial charge < -0.3 is 19.5 Å². The molecule has 0 saturated carbocycles. The minimum Gasteiger partial charge on any atom is -0.497 e. The van der Waals surface area contributed by atoms with Gasteiger partial charge in [0, 0.05) is 20.8 Å². The summed E-state index contributed by atoms with van der Waals surface area (Å²) in [6, 6.07) is 7.46. The van der Waals surface area contributed by atoms with E-state index in [0.717, 1.165) is 11.3 Å². The van der Waals surface area contributed by atoms with Gasteiger partial charge in [-0.2, -0.15) is 0 Å². The van der Waals surface area contributed by atoms with Crippen LogP contribution >= 0.6 is 0 Å². The fraction of sp³-hybridized carbons (Fsp3) is 0.533. The molecule has 0 spiro atoms. The number of hydrogen-bond donors (Lipinski definition) is 1. The van der Waals surface area contributed by atoms with Crippen LogP contribution < -0.4 is 10.1 Å². The van der Waals surface area contributed by atoms with Crippen LogP contribution in [0.15, 0.2) is 24.3 Å². The van der Waals surface area contributed by atoms with Crippen LogP contribution in [-0.4, -0.2) is 46.0 Å². The number of methoxy groups -OCH3 is 3. The van der Waals surface area contributed by atoms with Crippen molar-refractivity contribution in [2.45, 2.75) is 18.9 Å². The molecular formula is C15H23NO4. The van der Waals surface area contributed by atoms with Gasteiger partial charge in [0.05, 0.1) is 20.1 Å². The summed E-state index contributed by atoms with van der Waals surface area (Å²) in [4.78, 5) is 11.9. The second-order valence-electron chi connectivity index (χ2n) is 4.89. The Morgan fingerprint density at radius 3 is 2.65 bits per heavy atom. The molecule has 5 nitrogen and oxygen atoms in total. The van der Waals surface area contributed by atoms with E-state index in [9.17, 15) is 4.79 Å². The van der Waals surface area contributed by atoms with Crippen molar-refractivity contribution < 1.29 is 19.0 Å². The van der Waals surface area contributed by atoms with Gasteiger partial charge in [0.15, 0.2) is 0 Å². The Morgan fingerprint density at radius 2 is 2.05 bits per heavy atom. The average molecular weight is 281 g/mol. The molecule has 0 fully saturated rings. The maximum atomic E-state index is 11.9. The molecule has 0 aliphatic rings. The Balaban J connectivity index is 2.51. The third kappa shape index (κ3) is 5.19. The molecule has 1 rings (SSSR count). The van der Waals surface area contributed by atoms with Crippen molar-refractivity contribution in [1.82, 2.24) is 5.32 Å². The smallest absolute Gasteiger partial charge is 0.224 e. The summed E-state index contributed by atoms with van der Waals surface area (Å²) in [6.07, 6.45) is 0.310. The van der Waals surface area contributed by atoms with Crippen LogP contribution in [0.1, 0.15) is 12.5 Å². The molecule has 112 valence electrons. The van der Waals surface area contributed by atoms with Crippen molar-refractivity contribution in [3.8, 4) is 5.75 Å². The highest BCUT2D eigenvalue weighted by Crippen LogP contribution is 2.13. The fourth-order valence-electron chi connectivity index (χ4n) is 1.80. The molecule has 0 aliphatic heterocycles. The molecule has 0 heterocycles. The number of rotatable bonds is 8. The van der Waals surface area contributed by atoms with Crippen LogP contribution in [0.25, 0.3) is 0 Å². The standard InChI is InChI=1S/C15H23NO4/c1-15(20-4,11-18-2)10-16-14(17)9-12-6-5-7-13(8-12)19-3/h5-8H,9-11H2,1-4H3,(H,16,17)/t15-/m0/s1. The van der Waals surface area contributed by atoms with Gasteiger partial charge in [-0.25, -0.2) is 0 Å². The van der Waals surface area contributed by atoms with Gasteiger partial charge in [-0.05, 0) is 24.6 Å². The third-order valence-corrected chi connectivity index (χ3v) is 3.10. The van der Waals surface area contributed by atoms with E-state index < -0.39 is 5.60 Å². The van der Waals surface area contributed by atoms with E-state index in [2.05, 4.69) is 5.32 Å². The molecule has 20 heavy (non-hydrogen) atoms. The molecule has 5 heteroatoms. The summed E-state index contributed by atoms with van der Waals surface area (Å²) < 4.78 is 15.6. The average Bonchev–Trinajstić information content (AvgIpc) is 2.46. The lowest BCUT2D eigenvalue weighted by atomic mass is 10.1. The van der Waals surface area contributed by atoms with Gasteiger partial charge in [0.25, 0.3) is 0 Å². The fourth-order valence-corrected chi connectivity index (χ4v) is 1.80. The Morgan fingerprint density at radius 1 is 1.30 bits per heavy atom. The highest BCUT2D eigenvalue weighted by Gasteiger charge is 2.24. The van der Waals surface area contributed by atoms with Crippen LogP contribution in [0.4, 0.5) is 0 Å². The summed E-state index contributed by atoms with van der Waals surface area (Å²) in [7, 11) is 4.82. The predicted molar refractivity (Wildman–Crippen MR) is 77.0 cm³/mol. The van der Waals surface area contributed by atoms with Crippen LogP contribution in [0.5, 0.6) is 5.75 Å². The number of hydrogen-bond acceptors (Lipinski definition) is 4. The molecule has 1 atom stereocenters. The SMILES string of the molecule is COC[C@](C)(CNC(=O)Cc1cccc(OC)c1)OC. The van der Waals surface area contributed by atoms with E-state index in [0.29, 0.717) is 19.6 Å². The molecule has 1 aromatic carbocycles. The number of carbonyl (C=O) groups is 1. The van der Waals surface area contributed by atoms with Gasteiger partial charge in [-0.15, -0.1) is 0 Å². The highest BCUT2D eigenvalue weighted by molar-refractivity contribution is 5.78. The first kappa shape index (κ1) is 16.5. The van der Waals surface area contributed by atoms with Crippen LogP contribution in [0, 0.1) is 0 Å². The molecule has 0 saturated heterocycles. The van der Waals surface area contributed by atoms with Gasteiger partial charge in [0.1, 0.15) is 11.4 Å². The van der Waals surface area contributed by atoms with E-state index in [1.54, 1.807) is 21.3 Å². The van der Waals surface area contributed by atoms with Crippen molar-refractivity contribution in [1.29, 1.82) is 0 Å². The summed E-state index contributed by atoms with van der Waals surface area (Å²) in [5.74, 6) is 0.689. The van der Waals surface area contributed by atoms with Gasteiger partial charge in [-0.3, -0.25) is 4.79 Å². The molecule has 1 amide bonds. The maximum absolute atomic E-state index is 11.9. The second-order valence-corrected chi connectivity index (χ2v) is 4.89. The lowest BCUT2D eigenvalue weighted by Gasteiger charge is -2.27. The van der Waals surface area contributed by atoms with Crippen molar-refractivity contribution in [2.24, 2.45) is 0 Å². The summed E-state index contributed by atoms with van der Waals surface area (Å²) in [6.45, 7) is 2.71. The Bertz CT molecular complexity index is 436. The zero-order valence-electron chi connectivity index (χ0n) is 12.6. The van der Waals surface area contributed by atoms with Crippen molar-refractivity contribution in [3.63, 3.8) is 0 Å². The van der Waals surface area contributed by atoms with Crippen molar-refractivity contribution in [2.75, 3.05) is 34.5 Å². The lowest BCUT2D eigenvalue weighted by Crippen LogP contribution is -2.45. The molecule has 0 aromatic heterocycles. The molecular weight excluding hydrogens is 258 g/mol.